The molecule has 1 aromatic heterocycles. The summed E-state index contributed by atoms with van der Waals surface area (Å²) in [5, 5.41) is 8.96. The van der Waals surface area contributed by atoms with Crippen molar-refractivity contribution >= 4 is 17.9 Å². The van der Waals surface area contributed by atoms with Crippen LogP contribution in [0.25, 0.3) is 28.7 Å². The van der Waals surface area contributed by atoms with E-state index in [-0.39, 0.29) is 0 Å². The van der Waals surface area contributed by atoms with Crippen molar-refractivity contribution in [2.75, 3.05) is 7.05 Å². The van der Waals surface area contributed by atoms with Crippen LogP contribution in [0, 0.1) is 0 Å². The first kappa shape index (κ1) is 20.7. The minimum Gasteiger partial charge on any atom is -0.296 e. The van der Waals surface area contributed by atoms with Crippen molar-refractivity contribution in [3.8, 4) is 17.1 Å². The maximum atomic E-state index is 4.50. The lowest BCUT2D eigenvalue weighted by Crippen LogP contribution is -2.06. The van der Waals surface area contributed by atoms with Crippen LogP contribution in [0.1, 0.15) is 17.0 Å². The van der Waals surface area contributed by atoms with Gasteiger partial charge in [0.2, 0.25) is 0 Å². The molecule has 0 radical (unpaired) electrons. The van der Waals surface area contributed by atoms with Crippen LogP contribution in [-0.2, 0) is 0 Å². The van der Waals surface area contributed by atoms with Gasteiger partial charge in [-0.2, -0.15) is 0 Å². The Morgan fingerprint density at radius 3 is 2.47 bits per heavy atom. The third kappa shape index (κ3) is 4.33. The molecular formula is C26H24N4. The first-order valence-corrected chi connectivity index (χ1v) is 9.55. The van der Waals surface area contributed by atoms with E-state index in [1.807, 2.05) is 89.7 Å². The van der Waals surface area contributed by atoms with Gasteiger partial charge < -0.3 is 0 Å². The van der Waals surface area contributed by atoms with Crippen LogP contribution < -0.4 is 0 Å². The van der Waals surface area contributed by atoms with Crippen LogP contribution in [0.15, 0.2) is 104 Å². The van der Waals surface area contributed by atoms with E-state index in [1.54, 1.807) is 13.1 Å². The van der Waals surface area contributed by atoms with Crippen molar-refractivity contribution in [2.24, 2.45) is 4.99 Å². The number of hydrogen-bond donors (Lipinski definition) is 0. The zero-order valence-electron chi connectivity index (χ0n) is 17.1. The zero-order chi connectivity index (χ0) is 21.3. The van der Waals surface area contributed by atoms with Gasteiger partial charge in [-0.3, -0.25) is 9.56 Å². The Labute approximate surface area is 177 Å². The second-order valence-corrected chi connectivity index (χ2v) is 6.43. The van der Waals surface area contributed by atoms with Gasteiger partial charge in [-0.1, -0.05) is 98.7 Å². The molecule has 2 aromatic carbocycles. The number of rotatable bonds is 8. The van der Waals surface area contributed by atoms with Crippen molar-refractivity contribution in [3.63, 3.8) is 0 Å². The Bertz CT molecular complexity index is 1150. The summed E-state index contributed by atoms with van der Waals surface area (Å²) >= 11 is 0. The molecule has 0 aliphatic heterocycles. The molecule has 0 unspecified atom stereocenters. The maximum Gasteiger partial charge on any atom is 0.168 e. The molecule has 3 aromatic rings. The highest BCUT2D eigenvalue weighted by Gasteiger charge is 2.19. The van der Waals surface area contributed by atoms with E-state index in [4.69, 9.17) is 0 Å². The largest absolute Gasteiger partial charge is 0.296 e. The van der Waals surface area contributed by atoms with Crippen molar-refractivity contribution in [1.82, 2.24) is 14.8 Å². The molecule has 0 spiro atoms. The third-order valence-electron chi connectivity index (χ3n) is 4.47. The number of hydrogen-bond acceptors (Lipinski definition) is 3. The average Bonchev–Trinajstić information content (AvgIpc) is 3.22. The van der Waals surface area contributed by atoms with E-state index >= 15 is 0 Å². The molecule has 0 atom stereocenters. The second-order valence-electron chi connectivity index (χ2n) is 6.43. The monoisotopic (exact) mass is 392 g/mol. The minimum atomic E-state index is 0.658. The van der Waals surface area contributed by atoms with Crippen LogP contribution in [0.2, 0.25) is 0 Å². The summed E-state index contributed by atoms with van der Waals surface area (Å²) < 4.78 is 2.02. The summed E-state index contributed by atoms with van der Waals surface area (Å²) in [6.07, 6.45) is 12.9. The first-order valence-electron chi connectivity index (χ1n) is 9.55. The summed E-state index contributed by atoms with van der Waals surface area (Å²) in [5.41, 5.74) is 4.54. The van der Waals surface area contributed by atoms with Gasteiger partial charge in [0.15, 0.2) is 11.6 Å². The topological polar surface area (TPSA) is 43.1 Å². The lowest BCUT2D eigenvalue weighted by Gasteiger charge is -2.15. The molecule has 0 bridgehead atoms. The highest BCUT2D eigenvalue weighted by atomic mass is 15.3. The van der Waals surface area contributed by atoms with Crippen LogP contribution >= 0.6 is 0 Å². The third-order valence-corrected chi connectivity index (χ3v) is 4.47. The Morgan fingerprint density at radius 2 is 1.77 bits per heavy atom. The molecule has 4 heteroatoms. The fourth-order valence-electron chi connectivity index (χ4n) is 3.12. The van der Waals surface area contributed by atoms with Crippen molar-refractivity contribution in [1.29, 1.82) is 0 Å². The highest BCUT2D eigenvalue weighted by Crippen LogP contribution is 2.29. The van der Waals surface area contributed by atoms with Crippen molar-refractivity contribution in [2.45, 2.75) is 0 Å². The van der Waals surface area contributed by atoms with E-state index in [2.05, 4.69) is 34.9 Å². The molecule has 0 aliphatic carbocycles. The Kier molecular flexibility index (Phi) is 6.85. The van der Waals surface area contributed by atoms with Gasteiger partial charge in [-0.25, -0.2) is 0 Å². The number of aromatic nitrogens is 3. The molecule has 0 aliphatic rings. The summed E-state index contributed by atoms with van der Waals surface area (Å²) in [4.78, 5) is 4.18. The minimum absolute atomic E-state index is 0.658. The Morgan fingerprint density at radius 1 is 0.967 bits per heavy atom. The van der Waals surface area contributed by atoms with Gasteiger partial charge in [0.05, 0.1) is 5.69 Å². The van der Waals surface area contributed by atoms with Gasteiger partial charge >= 0.3 is 0 Å². The zero-order valence-corrected chi connectivity index (χ0v) is 17.1. The normalized spacial score (nSPS) is 11.5. The van der Waals surface area contributed by atoms with Gasteiger partial charge in [-0.15, -0.1) is 10.2 Å². The average molecular weight is 393 g/mol. The van der Waals surface area contributed by atoms with Crippen LogP contribution in [-0.4, -0.2) is 28.0 Å². The van der Waals surface area contributed by atoms with Crippen LogP contribution in [0.4, 0.5) is 0 Å². The molecule has 3 rings (SSSR count). The van der Waals surface area contributed by atoms with Crippen LogP contribution in [0.5, 0.6) is 0 Å². The van der Waals surface area contributed by atoms with Gasteiger partial charge in [0.1, 0.15) is 0 Å². The summed E-state index contributed by atoms with van der Waals surface area (Å²) in [5.74, 6) is 1.39. The molecule has 0 fully saturated rings. The molecular weight excluding hydrogens is 368 g/mol. The first-order chi connectivity index (χ1) is 14.7. The van der Waals surface area contributed by atoms with E-state index < -0.39 is 0 Å². The molecule has 0 amide bonds. The quantitative estimate of drug-likeness (QED) is 0.352. The maximum absolute atomic E-state index is 4.50. The molecule has 0 N–H and O–H groups in total. The standard InChI is InChI=1S/C26H24N4/c1-5-7-8-10-14-20(3)25-28-29-26(21-15-11-9-12-16-21)30(25)24-18-13-17-22(19-27-4)23(24)6-2/h5-19H,1-3H2,4H3/b8-7-,14-10-,27-19-. The summed E-state index contributed by atoms with van der Waals surface area (Å²) in [6, 6.07) is 16.0. The molecule has 148 valence electrons. The fourth-order valence-corrected chi connectivity index (χ4v) is 3.12. The second kappa shape index (κ2) is 9.94. The lowest BCUT2D eigenvalue weighted by atomic mass is 10.0. The van der Waals surface area contributed by atoms with Gasteiger partial charge in [-0.05, 0) is 6.07 Å². The number of aliphatic imine (C=N–C) groups is 1. The molecule has 0 saturated heterocycles. The van der Waals surface area contributed by atoms with Crippen molar-refractivity contribution < 1.29 is 0 Å². The molecule has 1 heterocycles. The SMILES string of the molecule is C=C/C=C\C=C/C(=C)c1nnc(-c2ccccc2)n1-c1cccc(/C=N\C)c1C=C. The number of benzene rings is 2. The van der Waals surface area contributed by atoms with Gasteiger partial charge in [0, 0.05) is 35.5 Å². The van der Waals surface area contributed by atoms with E-state index in [0.29, 0.717) is 5.82 Å². The van der Waals surface area contributed by atoms with E-state index in [0.717, 1.165) is 33.8 Å². The summed E-state index contributed by atoms with van der Waals surface area (Å²) in [7, 11) is 1.75. The lowest BCUT2D eigenvalue weighted by molar-refractivity contribution is 1.03. The Balaban J connectivity index is 2.25. The van der Waals surface area contributed by atoms with Crippen molar-refractivity contribution in [3.05, 3.63) is 116 Å². The molecule has 4 nitrogen and oxygen atoms in total. The molecule has 0 saturated carbocycles. The summed E-state index contributed by atoms with van der Waals surface area (Å²) in [6.45, 7) is 11.9. The predicted octanol–water partition coefficient (Wildman–Crippen LogP) is 5.94. The van der Waals surface area contributed by atoms with E-state index in [9.17, 15) is 0 Å². The molecule has 30 heavy (non-hydrogen) atoms. The van der Waals surface area contributed by atoms with Crippen LogP contribution in [0.3, 0.4) is 0 Å². The Hall–Kier alpha value is -4.05. The highest BCUT2D eigenvalue weighted by molar-refractivity contribution is 5.88. The number of nitrogens with zero attached hydrogens (tertiary/aromatic N) is 4. The smallest absolute Gasteiger partial charge is 0.168 e. The van der Waals surface area contributed by atoms with E-state index in [1.165, 1.54) is 0 Å². The van der Waals surface area contributed by atoms with Gasteiger partial charge in [0.25, 0.3) is 0 Å². The fraction of sp³-hybridized carbons (Fsp3) is 0.0385. The predicted molar refractivity (Wildman–Crippen MR) is 128 cm³/mol. The number of allylic oxidation sites excluding steroid dienone is 6.